The van der Waals surface area contributed by atoms with Crippen molar-refractivity contribution < 1.29 is 0 Å². The van der Waals surface area contributed by atoms with Crippen LogP contribution in [0.5, 0.6) is 0 Å². The van der Waals surface area contributed by atoms with Crippen molar-refractivity contribution in [2.75, 3.05) is 13.1 Å². The van der Waals surface area contributed by atoms with Gasteiger partial charge in [0, 0.05) is 18.8 Å². The quantitative estimate of drug-likeness (QED) is 0.517. The van der Waals surface area contributed by atoms with E-state index in [1.165, 1.54) is 54.5 Å². The van der Waals surface area contributed by atoms with E-state index in [4.69, 9.17) is 0 Å². The van der Waals surface area contributed by atoms with Crippen LogP contribution in [0, 0.1) is 5.41 Å². The lowest BCUT2D eigenvalue weighted by molar-refractivity contribution is 0.290. The number of rotatable bonds is 5. The van der Waals surface area contributed by atoms with Gasteiger partial charge in [-0.15, -0.1) is 0 Å². The molecule has 0 amide bonds. The third-order valence-electron chi connectivity index (χ3n) is 5.43. The molecule has 0 aromatic carbocycles. The van der Waals surface area contributed by atoms with E-state index in [2.05, 4.69) is 69.6 Å². The van der Waals surface area contributed by atoms with Crippen molar-refractivity contribution in [3.05, 3.63) is 59.4 Å². The van der Waals surface area contributed by atoms with Gasteiger partial charge in [-0.2, -0.15) is 0 Å². The summed E-state index contributed by atoms with van der Waals surface area (Å²) in [5.74, 6) is 0. The summed E-state index contributed by atoms with van der Waals surface area (Å²) in [6.45, 7) is 15.9. The predicted molar refractivity (Wildman–Crippen MR) is 107 cm³/mol. The summed E-state index contributed by atoms with van der Waals surface area (Å²) >= 11 is 0. The number of nitrogens with zero attached hydrogens (tertiary/aromatic N) is 1. The van der Waals surface area contributed by atoms with E-state index in [-0.39, 0.29) is 5.41 Å². The minimum Gasteiger partial charge on any atom is -0.372 e. The summed E-state index contributed by atoms with van der Waals surface area (Å²) in [7, 11) is 0. The maximum Gasteiger partial charge on any atom is 0.0325 e. The van der Waals surface area contributed by atoms with Crippen LogP contribution in [0.15, 0.2) is 59.4 Å². The third kappa shape index (κ3) is 4.53. The van der Waals surface area contributed by atoms with Gasteiger partial charge < -0.3 is 4.90 Å². The van der Waals surface area contributed by atoms with E-state index in [9.17, 15) is 0 Å². The first-order valence-corrected chi connectivity index (χ1v) is 9.68. The van der Waals surface area contributed by atoms with Crippen LogP contribution in [0.1, 0.15) is 66.2 Å². The Labute approximate surface area is 149 Å². The van der Waals surface area contributed by atoms with Crippen molar-refractivity contribution in [3.63, 3.8) is 0 Å². The van der Waals surface area contributed by atoms with Crippen LogP contribution in [-0.4, -0.2) is 18.0 Å². The molecular formula is C23H35N. The molecule has 24 heavy (non-hydrogen) atoms. The molecule has 1 aliphatic heterocycles. The van der Waals surface area contributed by atoms with E-state index in [1.807, 2.05) is 0 Å². The zero-order valence-electron chi connectivity index (χ0n) is 16.2. The van der Waals surface area contributed by atoms with Crippen LogP contribution in [0.3, 0.4) is 0 Å². The van der Waals surface area contributed by atoms with Crippen molar-refractivity contribution in [2.24, 2.45) is 5.41 Å². The van der Waals surface area contributed by atoms with Crippen LogP contribution in [0.4, 0.5) is 0 Å². The molecule has 0 saturated carbocycles. The van der Waals surface area contributed by atoms with Crippen molar-refractivity contribution in [1.29, 1.82) is 0 Å². The lowest BCUT2D eigenvalue weighted by atomic mass is 9.74. The normalized spacial score (nSPS) is 23.7. The molecule has 1 heteroatoms. The van der Waals surface area contributed by atoms with Crippen molar-refractivity contribution in [1.82, 2.24) is 4.90 Å². The van der Waals surface area contributed by atoms with Gasteiger partial charge in [-0.3, -0.25) is 0 Å². The second kappa shape index (κ2) is 8.55. The first kappa shape index (κ1) is 18.8. The zero-order valence-corrected chi connectivity index (χ0v) is 16.2. The first-order chi connectivity index (χ1) is 11.5. The largest absolute Gasteiger partial charge is 0.372 e. The fourth-order valence-corrected chi connectivity index (χ4v) is 3.83. The van der Waals surface area contributed by atoms with Gasteiger partial charge in [0.2, 0.25) is 0 Å². The number of allylic oxidation sites excluding steroid dienone is 8. The molecule has 0 N–H and O–H groups in total. The fourth-order valence-electron chi connectivity index (χ4n) is 3.83. The SMILES string of the molecule is C=C(/C(=C/C(/C=C\C)=C1\C=CCCC1(C)C)CC)N1CCCCC1. The highest BCUT2D eigenvalue weighted by atomic mass is 15.1. The van der Waals surface area contributed by atoms with Gasteiger partial charge in [0.05, 0.1) is 0 Å². The van der Waals surface area contributed by atoms with E-state index >= 15 is 0 Å². The van der Waals surface area contributed by atoms with Gasteiger partial charge in [-0.25, -0.2) is 0 Å². The van der Waals surface area contributed by atoms with Gasteiger partial charge in [0.25, 0.3) is 0 Å². The Balaban J connectivity index is 2.38. The molecule has 0 atom stereocenters. The smallest absolute Gasteiger partial charge is 0.0325 e. The van der Waals surface area contributed by atoms with Crippen LogP contribution < -0.4 is 0 Å². The Morgan fingerprint density at radius 1 is 1.25 bits per heavy atom. The first-order valence-electron chi connectivity index (χ1n) is 9.68. The van der Waals surface area contributed by atoms with E-state index in [0.717, 1.165) is 19.5 Å². The lowest BCUT2D eigenvalue weighted by Crippen LogP contribution is -2.29. The Hall–Kier alpha value is -1.50. The molecule has 0 aromatic rings. The standard InChI is InChI=1S/C23H35N/c1-6-13-21(22-14-9-10-15-23(22,4)5)18-20(7-2)19(3)24-16-11-8-12-17-24/h6,9,13-14,18H,3,7-8,10-12,15-17H2,1-2,4-5H3/b13-6-,20-18+,22-21+. The minimum absolute atomic E-state index is 0.241. The molecule has 1 nitrogen and oxygen atoms in total. The summed E-state index contributed by atoms with van der Waals surface area (Å²) in [5.41, 5.74) is 5.67. The predicted octanol–water partition coefficient (Wildman–Crippen LogP) is 6.57. The zero-order chi connectivity index (χ0) is 17.6. The van der Waals surface area contributed by atoms with Gasteiger partial charge >= 0.3 is 0 Å². The molecule has 1 heterocycles. The van der Waals surface area contributed by atoms with E-state index in [0.29, 0.717) is 0 Å². The van der Waals surface area contributed by atoms with Gasteiger partial charge in [-0.05, 0) is 73.7 Å². The van der Waals surface area contributed by atoms with Gasteiger partial charge in [-0.1, -0.05) is 51.7 Å². The Morgan fingerprint density at radius 2 is 1.96 bits per heavy atom. The average molecular weight is 326 g/mol. The van der Waals surface area contributed by atoms with Gasteiger partial charge in [0.15, 0.2) is 0 Å². The van der Waals surface area contributed by atoms with Crippen molar-refractivity contribution in [2.45, 2.75) is 66.2 Å². The van der Waals surface area contributed by atoms with Gasteiger partial charge in [0.1, 0.15) is 0 Å². The molecule has 1 saturated heterocycles. The number of hydrogen-bond acceptors (Lipinski definition) is 1. The molecule has 132 valence electrons. The molecule has 0 aromatic heterocycles. The van der Waals surface area contributed by atoms with Crippen molar-refractivity contribution >= 4 is 0 Å². The molecule has 1 aliphatic carbocycles. The molecule has 0 spiro atoms. The molecular weight excluding hydrogens is 290 g/mol. The maximum atomic E-state index is 4.44. The number of piperidine rings is 1. The number of hydrogen-bond donors (Lipinski definition) is 0. The van der Waals surface area contributed by atoms with Crippen LogP contribution in [0.25, 0.3) is 0 Å². The monoisotopic (exact) mass is 325 g/mol. The lowest BCUT2D eigenvalue weighted by Gasteiger charge is -2.33. The highest BCUT2D eigenvalue weighted by molar-refractivity contribution is 5.48. The molecule has 0 bridgehead atoms. The Morgan fingerprint density at radius 3 is 2.54 bits per heavy atom. The van der Waals surface area contributed by atoms with Crippen molar-refractivity contribution in [3.8, 4) is 0 Å². The van der Waals surface area contributed by atoms with Crippen LogP contribution in [-0.2, 0) is 0 Å². The highest BCUT2D eigenvalue weighted by Crippen LogP contribution is 2.39. The third-order valence-corrected chi connectivity index (χ3v) is 5.43. The topological polar surface area (TPSA) is 3.24 Å². The summed E-state index contributed by atoms with van der Waals surface area (Å²) in [6.07, 6.45) is 18.9. The number of likely N-dealkylation sites (tertiary alicyclic amines) is 1. The maximum absolute atomic E-state index is 4.44. The second-order valence-corrected chi connectivity index (χ2v) is 7.71. The Bertz CT molecular complexity index is 563. The summed E-state index contributed by atoms with van der Waals surface area (Å²) in [5, 5.41) is 0. The summed E-state index contributed by atoms with van der Waals surface area (Å²) in [6, 6.07) is 0. The van der Waals surface area contributed by atoms with Crippen LogP contribution >= 0.6 is 0 Å². The molecule has 2 aliphatic rings. The minimum atomic E-state index is 0.241. The van der Waals surface area contributed by atoms with E-state index < -0.39 is 0 Å². The van der Waals surface area contributed by atoms with E-state index in [1.54, 1.807) is 0 Å². The molecule has 2 rings (SSSR count). The second-order valence-electron chi connectivity index (χ2n) is 7.71. The van der Waals surface area contributed by atoms with Crippen LogP contribution in [0.2, 0.25) is 0 Å². The highest BCUT2D eigenvalue weighted by Gasteiger charge is 2.25. The Kier molecular flexibility index (Phi) is 6.71. The molecule has 1 fully saturated rings. The summed E-state index contributed by atoms with van der Waals surface area (Å²) in [4.78, 5) is 2.48. The fraction of sp³-hybridized carbons (Fsp3) is 0.565. The molecule has 0 unspecified atom stereocenters. The summed E-state index contributed by atoms with van der Waals surface area (Å²) < 4.78 is 0. The molecule has 0 radical (unpaired) electrons. The average Bonchev–Trinajstić information content (AvgIpc) is 2.58.